The third kappa shape index (κ3) is 3.70. The van der Waals surface area contributed by atoms with Crippen LogP contribution in [-0.4, -0.2) is 29.9 Å². The van der Waals surface area contributed by atoms with Crippen molar-refractivity contribution in [3.05, 3.63) is 29.0 Å². The summed E-state index contributed by atoms with van der Waals surface area (Å²) in [6.45, 7) is 5.97. The van der Waals surface area contributed by atoms with E-state index >= 15 is 0 Å². The lowest BCUT2D eigenvalue weighted by Gasteiger charge is -2.34. The Balaban J connectivity index is 2.00. The molecule has 110 valence electrons. The molecule has 0 aromatic heterocycles. The maximum atomic E-state index is 13.0. The van der Waals surface area contributed by atoms with E-state index in [9.17, 15) is 9.18 Å². The van der Waals surface area contributed by atoms with E-state index in [0.29, 0.717) is 11.6 Å². The smallest absolute Gasteiger partial charge is 0.241 e. The van der Waals surface area contributed by atoms with Gasteiger partial charge in [0.2, 0.25) is 5.91 Å². The molecule has 1 aliphatic rings. The molecule has 0 saturated carbocycles. The van der Waals surface area contributed by atoms with Crippen LogP contribution < -0.4 is 5.32 Å². The number of hydrogen-bond donors (Lipinski definition) is 1. The molecule has 1 N–H and O–H groups in total. The van der Waals surface area contributed by atoms with Crippen molar-refractivity contribution in [3.8, 4) is 0 Å². The van der Waals surface area contributed by atoms with Gasteiger partial charge in [-0.2, -0.15) is 0 Å². The van der Waals surface area contributed by atoms with Crippen LogP contribution in [0.5, 0.6) is 0 Å². The van der Waals surface area contributed by atoms with E-state index in [-0.39, 0.29) is 17.0 Å². The minimum Gasteiger partial charge on any atom is -0.323 e. The van der Waals surface area contributed by atoms with Gasteiger partial charge in [0.05, 0.1) is 16.8 Å². The molecule has 3 nitrogen and oxygen atoms in total. The summed E-state index contributed by atoms with van der Waals surface area (Å²) in [5.74, 6) is 0.104. The summed E-state index contributed by atoms with van der Waals surface area (Å²) in [5.41, 5.74) is 0.454. The first-order valence-electron chi connectivity index (χ1n) is 6.97. The largest absolute Gasteiger partial charge is 0.323 e. The van der Waals surface area contributed by atoms with Crippen molar-refractivity contribution in [1.82, 2.24) is 4.90 Å². The molecule has 2 rings (SSSR count). The second kappa shape index (κ2) is 6.55. The van der Waals surface area contributed by atoms with Crippen LogP contribution in [0.15, 0.2) is 18.2 Å². The van der Waals surface area contributed by atoms with Crippen LogP contribution in [0, 0.1) is 11.7 Å². The summed E-state index contributed by atoms with van der Waals surface area (Å²) in [7, 11) is 0. The molecule has 20 heavy (non-hydrogen) atoms. The van der Waals surface area contributed by atoms with Crippen LogP contribution in [0.4, 0.5) is 10.1 Å². The molecular formula is C15H20ClFN2O. The fourth-order valence-electron chi connectivity index (χ4n) is 2.57. The van der Waals surface area contributed by atoms with Gasteiger partial charge in [-0.25, -0.2) is 4.39 Å². The second-order valence-corrected chi connectivity index (χ2v) is 5.94. The van der Waals surface area contributed by atoms with E-state index in [1.807, 2.05) is 6.92 Å². The van der Waals surface area contributed by atoms with Crippen LogP contribution in [0.2, 0.25) is 5.02 Å². The monoisotopic (exact) mass is 298 g/mol. The number of nitrogens with one attached hydrogen (secondary N) is 1. The van der Waals surface area contributed by atoms with E-state index < -0.39 is 5.82 Å². The number of rotatable bonds is 3. The van der Waals surface area contributed by atoms with Gasteiger partial charge in [-0.05, 0) is 50.4 Å². The average Bonchev–Trinajstić information content (AvgIpc) is 2.41. The van der Waals surface area contributed by atoms with Gasteiger partial charge in [0.1, 0.15) is 5.82 Å². The molecule has 1 saturated heterocycles. The molecule has 1 aromatic rings. The van der Waals surface area contributed by atoms with Gasteiger partial charge in [0.15, 0.2) is 0 Å². The van der Waals surface area contributed by atoms with E-state index in [4.69, 9.17) is 11.6 Å². The molecule has 1 aromatic carbocycles. The third-order valence-corrected chi connectivity index (χ3v) is 4.12. The molecular weight excluding hydrogens is 279 g/mol. The van der Waals surface area contributed by atoms with Crippen molar-refractivity contribution >= 4 is 23.2 Å². The lowest BCUT2D eigenvalue weighted by atomic mass is 9.99. The fourth-order valence-corrected chi connectivity index (χ4v) is 2.79. The summed E-state index contributed by atoms with van der Waals surface area (Å²) in [4.78, 5) is 14.4. The maximum Gasteiger partial charge on any atom is 0.241 e. The zero-order valence-corrected chi connectivity index (χ0v) is 12.6. The molecule has 1 aliphatic heterocycles. The number of piperidine rings is 1. The van der Waals surface area contributed by atoms with E-state index in [2.05, 4.69) is 17.1 Å². The summed E-state index contributed by atoms with van der Waals surface area (Å²) in [6.07, 6.45) is 2.34. The van der Waals surface area contributed by atoms with Crippen LogP contribution in [0.3, 0.4) is 0 Å². The minimum absolute atomic E-state index is 0.104. The Kier molecular flexibility index (Phi) is 5.00. The lowest BCUT2D eigenvalue weighted by Crippen LogP contribution is -2.46. The SMILES string of the molecule is C[C@@H]1CCCN([C@@H](C)C(=O)Nc2ccc(F)cc2Cl)C1. The van der Waals surface area contributed by atoms with Crippen molar-refractivity contribution in [2.24, 2.45) is 5.92 Å². The highest BCUT2D eigenvalue weighted by atomic mass is 35.5. The maximum absolute atomic E-state index is 13.0. The van der Waals surface area contributed by atoms with Crippen molar-refractivity contribution in [2.75, 3.05) is 18.4 Å². The number of carbonyl (C=O) groups excluding carboxylic acids is 1. The molecule has 1 amide bonds. The van der Waals surface area contributed by atoms with Crippen molar-refractivity contribution in [3.63, 3.8) is 0 Å². The standard InChI is InChI=1S/C15H20ClFN2O/c1-10-4-3-7-19(9-10)11(2)15(20)18-14-6-5-12(17)8-13(14)16/h5-6,8,10-11H,3-4,7,9H2,1-2H3,(H,18,20)/t10-,11+/m1/s1. The van der Waals surface area contributed by atoms with Crippen LogP contribution in [0.25, 0.3) is 0 Å². The first-order chi connectivity index (χ1) is 9.47. The molecule has 2 atom stereocenters. The molecule has 0 bridgehead atoms. The Bertz CT molecular complexity index is 495. The Morgan fingerprint density at radius 3 is 2.95 bits per heavy atom. The third-order valence-electron chi connectivity index (χ3n) is 3.80. The van der Waals surface area contributed by atoms with Crippen molar-refractivity contribution in [1.29, 1.82) is 0 Å². The van der Waals surface area contributed by atoms with Crippen molar-refractivity contribution in [2.45, 2.75) is 32.7 Å². The second-order valence-electron chi connectivity index (χ2n) is 5.53. The zero-order valence-electron chi connectivity index (χ0n) is 11.8. The first-order valence-corrected chi connectivity index (χ1v) is 7.35. The van der Waals surface area contributed by atoms with E-state index in [1.165, 1.54) is 24.6 Å². The number of carbonyl (C=O) groups is 1. The Hall–Kier alpha value is -1.13. The number of hydrogen-bond acceptors (Lipinski definition) is 2. The number of halogens is 2. The van der Waals surface area contributed by atoms with Crippen molar-refractivity contribution < 1.29 is 9.18 Å². The summed E-state index contributed by atoms with van der Waals surface area (Å²) >= 11 is 5.92. The zero-order chi connectivity index (χ0) is 14.7. The lowest BCUT2D eigenvalue weighted by molar-refractivity contribution is -0.121. The van der Waals surface area contributed by atoms with Gasteiger partial charge >= 0.3 is 0 Å². The quantitative estimate of drug-likeness (QED) is 0.926. The topological polar surface area (TPSA) is 32.3 Å². The van der Waals surface area contributed by atoms with Crippen LogP contribution in [0.1, 0.15) is 26.7 Å². The predicted octanol–water partition coefficient (Wildman–Crippen LogP) is 3.54. The molecule has 1 heterocycles. The number of benzene rings is 1. The first kappa shape index (κ1) is 15.3. The highest BCUT2D eigenvalue weighted by Crippen LogP contribution is 2.23. The molecule has 0 aliphatic carbocycles. The van der Waals surface area contributed by atoms with Gasteiger partial charge in [0.25, 0.3) is 0 Å². The summed E-state index contributed by atoms with van der Waals surface area (Å²) in [6, 6.07) is 3.76. The highest BCUT2D eigenvalue weighted by molar-refractivity contribution is 6.33. The normalized spacial score (nSPS) is 21.5. The predicted molar refractivity (Wildman–Crippen MR) is 79.5 cm³/mol. The average molecular weight is 299 g/mol. The molecule has 0 radical (unpaired) electrons. The fraction of sp³-hybridized carbons (Fsp3) is 0.533. The number of nitrogens with zero attached hydrogens (tertiary/aromatic N) is 1. The van der Waals surface area contributed by atoms with Crippen LogP contribution in [-0.2, 0) is 4.79 Å². The Labute approximate surface area is 124 Å². The Morgan fingerprint density at radius 1 is 1.55 bits per heavy atom. The van der Waals surface area contributed by atoms with Gasteiger partial charge < -0.3 is 5.32 Å². The van der Waals surface area contributed by atoms with Gasteiger partial charge in [0, 0.05) is 6.54 Å². The summed E-state index contributed by atoms with van der Waals surface area (Å²) in [5, 5.41) is 2.99. The molecule has 0 unspecified atom stereocenters. The number of likely N-dealkylation sites (tertiary alicyclic amines) is 1. The van der Waals surface area contributed by atoms with Crippen LogP contribution >= 0.6 is 11.6 Å². The number of anilines is 1. The highest BCUT2D eigenvalue weighted by Gasteiger charge is 2.25. The minimum atomic E-state index is -0.411. The molecule has 0 spiro atoms. The molecule has 1 fully saturated rings. The number of amides is 1. The summed E-state index contributed by atoms with van der Waals surface area (Å²) < 4.78 is 13.0. The van der Waals surface area contributed by atoms with Gasteiger partial charge in [-0.15, -0.1) is 0 Å². The van der Waals surface area contributed by atoms with Gasteiger partial charge in [-0.3, -0.25) is 9.69 Å². The van der Waals surface area contributed by atoms with E-state index in [1.54, 1.807) is 0 Å². The molecule has 5 heteroatoms. The van der Waals surface area contributed by atoms with Gasteiger partial charge in [-0.1, -0.05) is 18.5 Å². The Morgan fingerprint density at radius 2 is 2.30 bits per heavy atom. The van der Waals surface area contributed by atoms with E-state index in [0.717, 1.165) is 19.5 Å².